The van der Waals surface area contributed by atoms with Gasteiger partial charge in [-0.15, -0.1) is 0 Å². The molecule has 0 N–H and O–H groups in total. The van der Waals surface area contributed by atoms with E-state index >= 15 is 0 Å². The van der Waals surface area contributed by atoms with Crippen LogP contribution in [0.5, 0.6) is 5.75 Å². The summed E-state index contributed by atoms with van der Waals surface area (Å²) in [5, 5.41) is 4.01. The first-order valence-corrected chi connectivity index (χ1v) is 9.90. The van der Waals surface area contributed by atoms with E-state index in [0.29, 0.717) is 30.7 Å². The van der Waals surface area contributed by atoms with Gasteiger partial charge in [0, 0.05) is 18.7 Å². The number of aromatic nitrogens is 2. The molecule has 1 aromatic heterocycles. The third-order valence-electron chi connectivity index (χ3n) is 5.38. The van der Waals surface area contributed by atoms with E-state index in [0.717, 1.165) is 17.7 Å². The topological polar surface area (TPSA) is 68.5 Å². The molecule has 29 heavy (non-hydrogen) atoms. The van der Waals surface area contributed by atoms with Gasteiger partial charge in [-0.05, 0) is 53.3 Å². The smallest absolute Gasteiger partial charge is 0.236 e. The largest absolute Gasteiger partial charge is 0.497 e. The second kappa shape index (κ2) is 8.07. The minimum atomic E-state index is 0.00975. The van der Waals surface area contributed by atoms with Gasteiger partial charge >= 0.3 is 0 Å². The average molecular weight is 391 g/mol. The molecule has 1 amide bonds. The van der Waals surface area contributed by atoms with Crippen molar-refractivity contribution in [3.8, 4) is 17.1 Å². The highest BCUT2D eigenvalue weighted by molar-refractivity contribution is 5.78. The quantitative estimate of drug-likeness (QED) is 0.658. The number of carbonyl (C=O) groups is 1. The molecule has 0 atom stereocenters. The molecule has 1 aliphatic rings. The van der Waals surface area contributed by atoms with Crippen molar-refractivity contribution in [1.29, 1.82) is 0 Å². The second-order valence-corrected chi connectivity index (χ2v) is 7.67. The van der Waals surface area contributed by atoms with Crippen LogP contribution in [0.1, 0.15) is 42.3 Å². The van der Waals surface area contributed by atoms with Gasteiger partial charge in [0.15, 0.2) is 0 Å². The molecule has 2 heterocycles. The molecule has 0 unspecified atom stereocenters. The summed E-state index contributed by atoms with van der Waals surface area (Å²) < 4.78 is 10.5. The van der Waals surface area contributed by atoms with Crippen LogP contribution < -0.4 is 4.74 Å². The van der Waals surface area contributed by atoms with E-state index in [2.05, 4.69) is 42.2 Å². The van der Waals surface area contributed by atoms with Crippen LogP contribution in [0.3, 0.4) is 0 Å². The number of fused-ring (bicyclic) bond motifs is 1. The molecule has 0 aliphatic carbocycles. The zero-order valence-electron chi connectivity index (χ0n) is 17.0. The maximum Gasteiger partial charge on any atom is 0.236 e. The normalized spacial score (nSPS) is 13.4. The Morgan fingerprint density at radius 1 is 1.17 bits per heavy atom. The Hall–Kier alpha value is -3.15. The maximum absolute atomic E-state index is 12.8. The van der Waals surface area contributed by atoms with Gasteiger partial charge in [-0.2, -0.15) is 4.98 Å². The zero-order chi connectivity index (χ0) is 20.4. The van der Waals surface area contributed by atoms with E-state index in [4.69, 9.17) is 9.26 Å². The van der Waals surface area contributed by atoms with E-state index < -0.39 is 0 Å². The SMILES string of the molecule is COc1ccc(-c2noc(CC(=O)N3CCc4ccc(C(C)C)cc4C3)n2)cc1. The van der Waals surface area contributed by atoms with Gasteiger partial charge in [0.25, 0.3) is 0 Å². The van der Waals surface area contributed by atoms with Crippen LogP contribution in [-0.2, 0) is 24.2 Å². The highest BCUT2D eigenvalue weighted by Crippen LogP contribution is 2.25. The van der Waals surface area contributed by atoms with Crippen LogP contribution >= 0.6 is 0 Å². The Morgan fingerprint density at radius 3 is 2.69 bits per heavy atom. The number of methoxy groups -OCH3 is 1. The molecule has 0 fully saturated rings. The van der Waals surface area contributed by atoms with Crippen molar-refractivity contribution in [2.45, 2.75) is 39.2 Å². The van der Waals surface area contributed by atoms with Crippen LogP contribution in [0.15, 0.2) is 47.0 Å². The molecule has 6 nitrogen and oxygen atoms in total. The van der Waals surface area contributed by atoms with Gasteiger partial charge in [0.2, 0.25) is 17.6 Å². The molecule has 6 heteroatoms. The van der Waals surface area contributed by atoms with Crippen molar-refractivity contribution in [3.63, 3.8) is 0 Å². The molecule has 0 spiro atoms. The fraction of sp³-hybridized carbons (Fsp3) is 0.348. The molecular weight excluding hydrogens is 366 g/mol. The number of hydrogen-bond acceptors (Lipinski definition) is 5. The summed E-state index contributed by atoms with van der Waals surface area (Å²) in [5.41, 5.74) is 4.69. The minimum absolute atomic E-state index is 0.00975. The molecule has 0 bridgehead atoms. The van der Waals surface area contributed by atoms with E-state index in [-0.39, 0.29) is 12.3 Å². The number of carbonyl (C=O) groups excluding carboxylic acids is 1. The first kappa shape index (κ1) is 19.2. The number of rotatable bonds is 5. The Balaban J connectivity index is 1.43. The summed E-state index contributed by atoms with van der Waals surface area (Å²) >= 11 is 0. The summed E-state index contributed by atoms with van der Waals surface area (Å²) in [6, 6.07) is 14.0. The van der Waals surface area contributed by atoms with Gasteiger partial charge in [-0.3, -0.25) is 4.79 Å². The molecular formula is C23H25N3O3. The number of nitrogens with zero attached hydrogens (tertiary/aromatic N) is 3. The Morgan fingerprint density at radius 2 is 1.97 bits per heavy atom. The molecule has 0 saturated carbocycles. The van der Waals surface area contributed by atoms with Gasteiger partial charge in [-0.25, -0.2) is 0 Å². The lowest BCUT2D eigenvalue weighted by Crippen LogP contribution is -2.37. The number of amides is 1. The number of ether oxygens (including phenoxy) is 1. The lowest BCUT2D eigenvalue weighted by atomic mass is 9.93. The molecule has 2 aromatic carbocycles. The van der Waals surface area contributed by atoms with Crippen LogP contribution in [0.25, 0.3) is 11.4 Å². The lowest BCUT2D eigenvalue weighted by Gasteiger charge is -2.29. The van der Waals surface area contributed by atoms with E-state index in [1.54, 1.807) is 7.11 Å². The molecule has 0 radical (unpaired) electrons. The predicted octanol–water partition coefficient (Wildman–Crippen LogP) is 4.00. The van der Waals surface area contributed by atoms with Crippen molar-refractivity contribution >= 4 is 5.91 Å². The highest BCUT2D eigenvalue weighted by atomic mass is 16.5. The van der Waals surface area contributed by atoms with Crippen LogP contribution in [0.2, 0.25) is 0 Å². The average Bonchev–Trinajstić information content (AvgIpc) is 3.21. The van der Waals surface area contributed by atoms with Crippen LogP contribution in [0.4, 0.5) is 0 Å². The zero-order valence-corrected chi connectivity index (χ0v) is 17.0. The van der Waals surface area contributed by atoms with E-state index in [9.17, 15) is 4.79 Å². The number of hydrogen-bond donors (Lipinski definition) is 0. The number of benzene rings is 2. The van der Waals surface area contributed by atoms with Gasteiger partial charge in [0.1, 0.15) is 12.2 Å². The van der Waals surface area contributed by atoms with Crippen molar-refractivity contribution in [2.75, 3.05) is 13.7 Å². The van der Waals surface area contributed by atoms with Gasteiger partial charge < -0.3 is 14.2 Å². The third kappa shape index (κ3) is 4.16. The summed E-state index contributed by atoms with van der Waals surface area (Å²) in [5.74, 6) is 2.05. The molecule has 0 saturated heterocycles. The predicted molar refractivity (Wildman–Crippen MR) is 110 cm³/mol. The summed E-state index contributed by atoms with van der Waals surface area (Å²) in [7, 11) is 1.62. The van der Waals surface area contributed by atoms with Gasteiger partial charge in [0.05, 0.1) is 7.11 Å². The Labute approximate surface area is 170 Å². The highest BCUT2D eigenvalue weighted by Gasteiger charge is 2.23. The molecule has 1 aliphatic heterocycles. The van der Waals surface area contributed by atoms with Crippen LogP contribution in [0, 0.1) is 0 Å². The summed E-state index contributed by atoms with van der Waals surface area (Å²) in [6.07, 6.45) is 0.989. The fourth-order valence-electron chi connectivity index (χ4n) is 3.57. The van der Waals surface area contributed by atoms with Crippen molar-refractivity contribution in [3.05, 3.63) is 65.0 Å². The van der Waals surface area contributed by atoms with Gasteiger partial charge in [-0.1, -0.05) is 37.2 Å². The third-order valence-corrected chi connectivity index (χ3v) is 5.38. The summed E-state index contributed by atoms with van der Waals surface area (Å²) in [4.78, 5) is 19.1. The maximum atomic E-state index is 12.8. The molecule has 3 aromatic rings. The first-order chi connectivity index (χ1) is 14.0. The van der Waals surface area contributed by atoms with Crippen molar-refractivity contribution in [1.82, 2.24) is 15.0 Å². The Bertz CT molecular complexity index is 1010. The monoisotopic (exact) mass is 391 g/mol. The summed E-state index contributed by atoms with van der Waals surface area (Å²) in [6.45, 7) is 5.72. The Kier molecular flexibility index (Phi) is 5.34. The second-order valence-electron chi connectivity index (χ2n) is 7.67. The van der Waals surface area contributed by atoms with Crippen LogP contribution in [-0.4, -0.2) is 34.6 Å². The van der Waals surface area contributed by atoms with E-state index in [1.165, 1.54) is 16.7 Å². The van der Waals surface area contributed by atoms with Crippen molar-refractivity contribution in [2.24, 2.45) is 0 Å². The standard InChI is InChI=1S/C23H25N3O3/c1-15(2)18-5-4-16-10-11-26(14-19(16)12-18)22(27)13-21-24-23(25-29-21)17-6-8-20(28-3)9-7-17/h4-9,12,15H,10-11,13-14H2,1-3H3. The first-order valence-electron chi connectivity index (χ1n) is 9.90. The minimum Gasteiger partial charge on any atom is -0.497 e. The fourth-order valence-corrected chi connectivity index (χ4v) is 3.57. The molecule has 150 valence electrons. The molecule has 4 rings (SSSR count). The van der Waals surface area contributed by atoms with E-state index in [1.807, 2.05) is 29.2 Å². The van der Waals surface area contributed by atoms with Crippen molar-refractivity contribution < 1.29 is 14.1 Å². The lowest BCUT2D eigenvalue weighted by molar-refractivity contribution is -0.131.